The van der Waals surface area contributed by atoms with Gasteiger partial charge in [-0.2, -0.15) is 13.2 Å². The third-order valence-electron chi connectivity index (χ3n) is 3.86. The molecule has 3 atom stereocenters. The molecule has 1 fully saturated rings. The van der Waals surface area contributed by atoms with Crippen LogP contribution in [0, 0.1) is 11.8 Å². The lowest BCUT2D eigenvalue weighted by Crippen LogP contribution is -2.52. The van der Waals surface area contributed by atoms with Crippen molar-refractivity contribution in [2.75, 3.05) is 6.54 Å². The summed E-state index contributed by atoms with van der Waals surface area (Å²) >= 11 is 0. The van der Waals surface area contributed by atoms with E-state index in [1.54, 1.807) is 0 Å². The second kappa shape index (κ2) is 6.45. The average molecular weight is 295 g/mol. The summed E-state index contributed by atoms with van der Waals surface area (Å²) < 4.78 is 38.1. The second-order valence-electron chi connectivity index (χ2n) is 5.52. The van der Waals surface area contributed by atoms with Crippen LogP contribution >= 0.6 is 0 Å². The van der Waals surface area contributed by atoms with Crippen molar-refractivity contribution in [3.63, 3.8) is 0 Å². The van der Waals surface area contributed by atoms with E-state index in [1.807, 2.05) is 6.92 Å². The number of alkyl halides is 3. The summed E-state index contributed by atoms with van der Waals surface area (Å²) in [6, 6.07) is -0.528. The van der Waals surface area contributed by atoms with Gasteiger partial charge >= 0.3 is 18.1 Å². The molecule has 0 saturated heterocycles. The minimum atomic E-state index is -4.96. The summed E-state index contributed by atoms with van der Waals surface area (Å²) in [4.78, 5) is 23.2. The van der Waals surface area contributed by atoms with Crippen LogP contribution < -0.4 is 0 Å². The highest BCUT2D eigenvalue weighted by molar-refractivity contribution is 5.83. The van der Waals surface area contributed by atoms with Crippen LogP contribution in [0.15, 0.2) is 0 Å². The molecule has 0 aromatic carbocycles. The topological polar surface area (TPSA) is 57.6 Å². The van der Waals surface area contributed by atoms with Crippen LogP contribution in [0.5, 0.6) is 0 Å². The molecule has 0 spiro atoms. The van der Waals surface area contributed by atoms with E-state index in [1.165, 1.54) is 6.92 Å². The highest BCUT2D eigenvalue weighted by Crippen LogP contribution is 2.31. The summed E-state index contributed by atoms with van der Waals surface area (Å²) in [5, 5.41) is 8.86. The van der Waals surface area contributed by atoms with Gasteiger partial charge in [0.1, 0.15) is 0 Å². The number of rotatable bonds is 4. The minimum Gasteiger partial charge on any atom is -0.481 e. The maximum absolute atomic E-state index is 12.7. The maximum atomic E-state index is 12.7. The molecule has 4 nitrogen and oxygen atoms in total. The average Bonchev–Trinajstić information content (AvgIpc) is 2.34. The molecule has 0 bridgehead atoms. The standard InChI is InChI=1S/C13H20F3NO3/c1-8-5-3-4-6-10(8)17(7-9(2)11(18)19)12(20)13(14,15)16/h8-10H,3-7H2,1-2H3,(H,18,19). The van der Waals surface area contributed by atoms with E-state index in [0.29, 0.717) is 6.42 Å². The number of aliphatic carboxylic acids is 1. The Morgan fingerprint density at radius 2 is 1.85 bits per heavy atom. The van der Waals surface area contributed by atoms with Crippen LogP contribution in [0.25, 0.3) is 0 Å². The summed E-state index contributed by atoms with van der Waals surface area (Å²) in [5.74, 6) is -4.19. The Bertz CT molecular complexity index is 370. The summed E-state index contributed by atoms with van der Waals surface area (Å²) in [6.07, 6.45) is -2.02. The lowest BCUT2D eigenvalue weighted by atomic mass is 9.84. The Morgan fingerprint density at radius 3 is 2.30 bits per heavy atom. The Kier molecular flexibility index (Phi) is 5.42. The SMILES string of the molecule is CC(CN(C(=O)C(F)(F)F)C1CCCCC1C)C(=O)O. The Morgan fingerprint density at radius 1 is 1.30 bits per heavy atom. The maximum Gasteiger partial charge on any atom is 0.471 e. The Hall–Kier alpha value is -1.27. The van der Waals surface area contributed by atoms with Crippen LogP contribution in [0.4, 0.5) is 13.2 Å². The molecule has 7 heteroatoms. The van der Waals surface area contributed by atoms with Crippen LogP contribution in [0.1, 0.15) is 39.5 Å². The lowest BCUT2D eigenvalue weighted by Gasteiger charge is -2.39. The zero-order chi connectivity index (χ0) is 15.5. The van der Waals surface area contributed by atoms with Crippen LogP contribution in [0.2, 0.25) is 0 Å². The zero-order valence-electron chi connectivity index (χ0n) is 11.6. The first-order chi connectivity index (χ1) is 9.14. The smallest absolute Gasteiger partial charge is 0.471 e. The molecule has 1 rings (SSSR count). The quantitative estimate of drug-likeness (QED) is 0.867. The molecule has 1 N–H and O–H groups in total. The first-order valence-electron chi connectivity index (χ1n) is 6.75. The minimum absolute atomic E-state index is 0.0453. The molecular weight excluding hydrogens is 275 g/mol. The number of nitrogens with zero attached hydrogens (tertiary/aromatic N) is 1. The monoisotopic (exact) mass is 295 g/mol. The molecule has 1 aliphatic rings. The summed E-state index contributed by atoms with van der Waals surface area (Å²) in [7, 11) is 0. The van der Waals surface area contributed by atoms with Gasteiger partial charge in [-0.1, -0.05) is 26.7 Å². The molecule has 20 heavy (non-hydrogen) atoms. The molecule has 116 valence electrons. The van der Waals surface area contributed by atoms with E-state index in [9.17, 15) is 22.8 Å². The fourth-order valence-corrected chi connectivity index (χ4v) is 2.66. The van der Waals surface area contributed by atoms with Crippen molar-refractivity contribution in [3.8, 4) is 0 Å². The summed E-state index contributed by atoms with van der Waals surface area (Å²) in [5.41, 5.74) is 0. The number of amides is 1. The third kappa shape index (κ3) is 4.11. The molecule has 0 aliphatic heterocycles. The fraction of sp³-hybridized carbons (Fsp3) is 0.846. The van der Waals surface area contributed by atoms with Gasteiger partial charge in [0.25, 0.3) is 0 Å². The largest absolute Gasteiger partial charge is 0.481 e. The van der Waals surface area contributed by atoms with Gasteiger partial charge in [0.2, 0.25) is 0 Å². The number of carbonyl (C=O) groups is 2. The Balaban J connectivity index is 2.94. The van der Waals surface area contributed by atoms with Crippen molar-refractivity contribution in [2.45, 2.75) is 51.7 Å². The van der Waals surface area contributed by atoms with Gasteiger partial charge < -0.3 is 10.0 Å². The molecular formula is C13H20F3NO3. The van der Waals surface area contributed by atoms with E-state index in [-0.39, 0.29) is 5.92 Å². The molecule has 1 saturated carbocycles. The van der Waals surface area contributed by atoms with Crippen molar-refractivity contribution in [1.29, 1.82) is 0 Å². The molecule has 1 amide bonds. The fourth-order valence-electron chi connectivity index (χ4n) is 2.66. The van der Waals surface area contributed by atoms with Gasteiger partial charge in [-0.3, -0.25) is 9.59 Å². The number of hydrogen-bond donors (Lipinski definition) is 1. The van der Waals surface area contributed by atoms with Crippen molar-refractivity contribution in [3.05, 3.63) is 0 Å². The number of hydrogen-bond acceptors (Lipinski definition) is 2. The molecule has 0 heterocycles. The van der Waals surface area contributed by atoms with Crippen LogP contribution in [-0.4, -0.2) is 40.6 Å². The Labute approximate surface area is 115 Å². The van der Waals surface area contributed by atoms with E-state index in [4.69, 9.17) is 5.11 Å². The van der Waals surface area contributed by atoms with Gasteiger partial charge in [0.15, 0.2) is 0 Å². The normalized spacial score (nSPS) is 25.1. The van der Waals surface area contributed by atoms with Crippen molar-refractivity contribution in [2.24, 2.45) is 11.8 Å². The third-order valence-corrected chi connectivity index (χ3v) is 3.86. The highest BCUT2D eigenvalue weighted by atomic mass is 19.4. The zero-order valence-corrected chi connectivity index (χ0v) is 11.6. The van der Waals surface area contributed by atoms with Crippen molar-refractivity contribution in [1.82, 2.24) is 4.90 Å². The molecule has 3 unspecified atom stereocenters. The number of carboxylic acids is 1. The number of carboxylic acid groups (broad SMARTS) is 1. The van der Waals surface area contributed by atoms with Gasteiger partial charge in [0.05, 0.1) is 5.92 Å². The lowest BCUT2D eigenvalue weighted by molar-refractivity contribution is -0.190. The molecule has 0 radical (unpaired) electrons. The van der Waals surface area contributed by atoms with Gasteiger partial charge in [0, 0.05) is 12.6 Å². The first-order valence-corrected chi connectivity index (χ1v) is 6.75. The van der Waals surface area contributed by atoms with Gasteiger partial charge in [-0.25, -0.2) is 0 Å². The van der Waals surface area contributed by atoms with Crippen LogP contribution in [-0.2, 0) is 9.59 Å². The number of halogens is 3. The van der Waals surface area contributed by atoms with Crippen LogP contribution in [0.3, 0.4) is 0 Å². The van der Waals surface area contributed by atoms with E-state index in [0.717, 1.165) is 24.2 Å². The predicted molar refractivity (Wildman–Crippen MR) is 66.0 cm³/mol. The van der Waals surface area contributed by atoms with Gasteiger partial charge in [-0.05, 0) is 18.8 Å². The van der Waals surface area contributed by atoms with E-state index < -0.39 is 36.6 Å². The molecule has 1 aliphatic carbocycles. The van der Waals surface area contributed by atoms with E-state index in [2.05, 4.69) is 0 Å². The van der Waals surface area contributed by atoms with E-state index >= 15 is 0 Å². The predicted octanol–water partition coefficient (Wildman–Crippen LogP) is 2.68. The molecule has 0 aromatic rings. The second-order valence-corrected chi connectivity index (χ2v) is 5.52. The molecule has 0 aromatic heterocycles. The number of carbonyl (C=O) groups excluding carboxylic acids is 1. The van der Waals surface area contributed by atoms with Crippen molar-refractivity contribution < 1.29 is 27.9 Å². The highest BCUT2D eigenvalue weighted by Gasteiger charge is 2.46. The first kappa shape index (κ1) is 16.8. The van der Waals surface area contributed by atoms with Gasteiger partial charge in [-0.15, -0.1) is 0 Å². The van der Waals surface area contributed by atoms with Crippen molar-refractivity contribution >= 4 is 11.9 Å². The summed E-state index contributed by atoms with van der Waals surface area (Å²) in [6.45, 7) is 2.72.